The molecule has 3 aromatic rings. The van der Waals surface area contributed by atoms with Crippen LogP contribution in [-0.4, -0.2) is 18.3 Å². The Bertz CT molecular complexity index is 1290. The van der Waals surface area contributed by atoms with E-state index in [4.69, 9.17) is 23.0 Å². The van der Waals surface area contributed by atoms with Crippen molar-refractivity contribution in [2.24, 2.45) is 0 Å². The summed E-state index contributed by atoms with van der Waals surface area (Å²) in [5.41, 5.74) is -0.777. The molecule has 1 heterocycles. The van der Waals surface area contributed by atoms with Crippen molar-refractivity contribution in [3.63, 3.8) is 0 Å². The predicted molar refractivity (Wildman–Crippen MR) is 113 cm³/mol. The molecule has 3 heteroatoms. The van der Waals surface area contributed by atoms with Gasteiger partial charge in [-0.05, 0) is 61.5 Å². The van der Waals surface area contributed by atoms with Gasteiger partial charge in [0, 0.05) is 0 Å². The van der Waals surface area contributed by atoms with Crippen molar-refractivity contribution in [3.8, 4) is 22.3 Å². The summed E-state index contributed by atoms with van der Waals surface area (Å²) >= 11 is 0. The highest BCUT2D eigenvalue weighted by atomic mass is 16.7. The van der Waals surface area contributed by atoms with E-state index in [2.05, 4.69) is 0 Å². The van der Waals surface area contributed by atoms with Crippen molar-refractivity contribution < 1.29 is 23.0 Å². The Hall–Kier alpha value is -2.36. The van der Waals surface area contributed by atoms with Crippen molar-refractivity contribution in [2.45, 2.75) is 38.9 Å². The largest absolute Gasteiger partial charge is 0.494 e. The molecule has 4 rings (SSSR count). The van der Waals surface area contributed by atoms with E-state index in [9.17, 15) is 0 Å². The molecule has 0 unspecified atom stereocenters. The third-order valence-electron chi connectivity index (χ3n) is 5.06. The van der Waals surface area contributed by atoms with Gasteiger partial charge in [0.1, 0.15) is 0 Å². The quantitative estimate of drug-likeness (QED) is 0.584. The molecule has 0 aromatic heterocycles. The molecule has 0 atom stereocenters. The zero-order valence-corrected chi connectivity index (χ0v) is 15.6. The van der Waals surface area contributed by atoms with E-state index in [-0.39, 0.29) is 22.3 Å². The maximum atomic E-state index is 8.44. The first-order valence-electron chi connectivity index (χ1n) is 13.7. The Morgan fingerprint density at radius 3 is 1.44 bits per heavy atom. The molecule has 0 bridgehead atoms. The van der Waals surface area contributed by atoms with Crippen LogP contribution in [0.25, 0.3) is 22.3 Å². The van der Waals surface area contributed by atoms with Crippen LogP contribution in [-0.2, 0) is 9.31 Å². The molecule has 136 valence electrons. The lowest BCUT2D eigenvalue weighted by atomic mass is 9.76. The molecule has 3 aromatic carbocycles. The first kappa shape index (κ1) is 9.72. The summed E-state index contributed by atoms with van der Waals surface area (Å²) in [5.74, 6) is 0. The molecule has 1 aliphatic rings. The van der Waals surface area contributed by atoms with Gasteiger partial charge >= 0.3 is 7.12 Å². The normalized spacial score (nSPS) is 23.0. The highest BCUT2D eigenvalue weighted by Gasteiger charge is 2.51. The summed E-state index contributed by atoms with van der Waals surface area (Å²) in [6.07, 6.45) is 0. The summed E-state index contributed by atoms with van der Waals surface area (Å²) in [7, 11) is -0.918. The SMILES string of the molecule is [2H]c1c([2H])c([2H])c(-c2cc(B3OC(C)(C)C(C)(C)O3)cc(-c3c([2H])c([2H])c([2H])c([2H])c3[2H])c2)c([2H])c1[2H]. The fraction of sp³-hybridized carbons (Fsp3) is 0.250. The van der Waals surface area contributed by atoms with Crippen LogP contribution in [0.5, 0.6) is 0 Å². The Balaban J connectivity index is 2.07. The van der Waals surface area contributed by atoms with Crippen molar-refractivity contribution in [3.05, 3.63) is 78.6 Å². The van der Waals surface area contributed by atoms with Gasteiger partial charge in [-0.25, -0.2) is 0 Å². The first-order chi connectivity index (χ1) is 17.0. The second-order valence-corrected chi connectivity index (χ2v) is 7.43. The Morgan fingerprint density at radius 2 is 1.04 bits per heavy atom. The van der Waals surface area contributed by atoms with Crippen molar-refractivity contribution in [1.82, 2.24) is 0 Å². The van der Waals surface area contributed by atoms with Gasteiger partial charge in [0.15, 0.2) is 0 Å². The molecule has 0 amide bonds. The van der Waals surface area contributed by atoms with Gasteiger partial charge < -0.3 is 9.31 Å². The van der Waals surface area contributed by atoms with E-state index in [1.165, 1.54) is 6.07 Å². The van der Waals surface area contributed by atoms with Gasteiger partial charge in [-0.15, -0.1) is 0 Å². The lowest BCUT2D eigenvalue weighted by Gasteiger charge is -2.32. The van der Waals surface area contributed by atoms with E-state index >= 15 is 0 Å². The van der Waals surface area contributed by atoms with Gasteiger partial charge in [-0.2, -0.15) is 0 Å². The molecule has 27 heavy (non-hydrogen) atoms. The molecule has 1 saturated heterocycles. The molecule has 1 fully saturated rings. The molecule has 0 saturated carbocycles. The minimum absolute atomic E-state index is 0.0852. The first-order valence-corrected chi connectivity index (χ1v) is 8.65. The van der Waals surface area contributed by atoms with Gasteiger partial charge in [0.2, 0.25) is 0 Å². The molecule has 0 spiro atoms. The van der Waals surface area contributed by atoms with Crippen LogP contribution in [0.15, 0.2) is 78.6 Å². The van der Waals surface area contributed by atoms with E-state index < -0.39 is 78.7 Å². The van der Waals surface area contributed by atoms with E-state index in [1.54, 1.807) is 12.1 Å². The monoisotopic (exact) mass is 366 g/mol. The van der Waals surface area contributed by atoms with Crippen LogP contribution >= 0.6 is 0 Å². The lowest BCUT2D eigenvalue weighted by molar-refractivity contribution is 0.00578. The Kier molecular flexibility index (Phi) is 2.40. The number of hydrogen-bond donors (Lipinski definition) is 0. The van der Waals surface area contributed by atoms with Gasteiger partial charge in [0.05, 0.1) is 24.9 Å². The summed E-state index contributed by atoms with van der Waals surface area (Å²) in [4.78, 5) is 0. The van der Waals surface area contributed by atoms with E-state index in [0.29, 0.717) is 5.46 Å². The molecule has 0 radical (unpaired) electrons. The summed E-state index contributed by atoms with van der Waals surface area (Å²) < 4.78 is 94.3. The van der Waals surface area contributed by atoms with Crippen molar-refractivity contribution >= 4 is 12.6 Å². The summed E-state index contributed by atoms with van der Waals surface area (Å²) in [6.45, 7) is 7.46. The summed E-state index contributed by atoms with van der Waals surface area (Å²) in [5, 5.41) is 0. The number of hydrogen-bond acceptors (Lipinski definition) is 2. The zero-order valence-electron chi connectivity index (χ0n) is 25.6. The van der Waals surface area contributed by atoms with Crippen LogP contribution in [0.1, 0.15) is 41.4 Å². The van der Waals surface area contributed by atoms with Gasteiger partial charge in [-0.3, -0.25) is 0 Å². The Labute approximate surface area is 176 Å². The molecular formula is C24H25BO2. The summed E-state index contributed by atoms with van der Waals surface area (Å²) in [6, 6.07) is -0.217. The molecule has 0 aliphatic carbocycles. The maximum absolute atomic E-state index is 8.44. The van der Waals surface area contributed by atoms with Crippen LogP contribution < -0.4 is 5.46 Å². The molecular weight excluding hydrogens is 331 g/mol. The van der Waals surface area contributed by atoms with Crippen molar-refractivity contribution in [2.75, 3.05) is 0 Å². The predicted octanol–water partition coefficient (Wildman–Crippen LogP) is 5.32. The lowest BCUT2D eigenvalue weighted by Crippen LogP contribution is -2.41. The fourth-order valence-corrected chi connectivity index (χ4v) is 2.84. The minimum atomic E-state index is -0.918. The van der Waals surface area contributed by atoms with E-state index in [0.717, 1.165) is 0 Å². The molecule has 1 aliphatic heterocycles. The van der Waals surface area contributed by atoms with Crippen LogP contribution in [0, 0.1) is 0 Å². The second-order valence-electron chi connectivity index (χ2n) is 7.43. The standard InChI is InChI=1S/C24H25BO2/c1-23(2)24(3,4)27-25(26-23)22-16-20(18-11-7-5-8-12-18)15-21(17-22)19-13-9-6-10-14-19/h5-17H,1-4H3/i5D,6D,7D,8D,9D,10D,11D,12D,13D,14D. The highest BCUT2D eigenvalue weighted by molar-refractivity contribution is 6.62. The smallest absolute Gasteiger partial charge is 0.399 e. The van der Waals surface area contributed by atoms with Crippen molar-refractivity contribution in [1.29, 1.82) is 0 Å². The minimum Gasteiger partial charge on any atom is -0.399 e. The highest BCUT2D eigenvalue weighted by Crippen LogP contribution is 2.37. The van der Waals surface area contributed by atoms with Crippen LogP contribution in [0.2, 0.25) is 0 Å². The topological polar surface area (TPSA) is 18.5 Å². The average Bonchev–Trinajstić information content (AvgIpc) is 3.05. The average molecular weight is 366 g/mol. The second kappa shape index (κ2) is 6.67. The van der Waals surface area contributed by atoms with Gasteiger partial charge in [-0.1, -0.05) is 72.6 Å². The van der Waals surface area contributed by atoms with Crippen LogP contribution in [0.4, 0.5) is 0 Å². The Morgan fingerprint density at radius 1 is 0.630 bits per heavy atom. The molecule has 0 N–H and O–H groups in total. The number of rotatable bonds is 3. The number of benzene rings is 3. The third-order valence-corrected chi connectivity index (χ3v) is 5.06. The molecule has 2 nitrogen and oxygen atoms in total. The third kappa shape index (κ3) is 3.45. The fourth-order valence-electron chi connectivity index (χ4n) is 2.84. The zero-order chi connectivity index (χ0) is 27.8. The van der Waals surface area contributed by atoms with E-state index in [1.807, 2.05) is 27.7 Å². The van der Waals surface area contributed by atoms with Crippen LogP contribution in [0.3, 0.4) is 0 Å². The maximum Gasteiger partial charge on any atom is 0.494 e. The van der Waals surface area contributed by atoms with Gasteiger partial charge in [0.25, 0.3) is 0 Å².